The number of carbonyl (C=O) groups is 4. The Kier molecular flexibility index (Phi) is 9.05. The van der Waals surface area contributed by atoms with Crippen LogP contribution in [0, 0.1) is 5.41 Å². The van der Waals surface area contributed by atoms with Crippen LogP contribution in [0.15, 0.2) is 16.4 Å². The molecule has 0 saturated carbocycles. The molecule has 0 bridgehead atoms. The van der Waals surface area contributed by atoms with Crippen LogP contribution < -0.4 is 5.32 Å². The van der Waals surface area contributed by atoms with E-state index < -0.39 is 75.6 Å². The first-order valence-electron chi connectivity index (χ1n) is 10.6. The molecule has 2 unspecified atom stereocenters. The van der Waals surface area contributed by atoms with Gasteiger partial charge in [-0.25, -0.2) is 4.79 Å². The van der Waals surface area contributed by atoms with E-state index in [2.05, 4.69) is 25.9 Å². The van der Waals surface area contributed by atoms with Gasteiger partial charge in [0, 0.05) is 11.0 Å². The summed E-state index contributed by atoms with van der Waals surface area (Å²) in [7, 11) is 0. The molecule has 0 aliphatic carbocycles. The number of nitrogens with one attached hydrogen (secondary N) is 2. The second-order valence-corrected chi connectivity index (χ2v) is 12.2. The number of alkyl halides is 3. The number of halogens is 3. The lowest BCUT2D eigenvalue weighted by Crippen LogP contribution is -2.71. The molecule has 3 heterocycles. The van der Waals surface area contributed by atoms with Crippen molar-refractivity contribution in [2.24, 2.45) is 5.41 Å². The minimum atomic E-state index is -4.59. The van der Waals surface area contributed by atoms with Crippen molar-refractivity contribution in [2.75, 3.05) is 18.3 Å². The average Bonchev–Trinajstić information content (AvgIpc) is 3.31. The molecule has 2 aliphatic rings. The minimum Gasteiger partial charge on any atom is -0.427 e. The lowest BCUT2D eigenvalue weighted by Gasteiger charge is -2.50. The number of β-lactam (4-membered cyclic amide) rings is 1. The Morgan fingerprint density at radius 1 is 1.27 bits per heavy atom. The third kappa shape index (κ3) is 7.31. The van der Waals surface area contributed by atoms with Crippen molar-refractivity contribution >= 4 is 59.0 Å². The first kappa shape index (κ1) is 29.1. The van der Waals surface area contributed by atoms with Crippen LogP contribution in [0.3, 0.4) is 0 Å². The van der Waals surface area contributed by atoms with Gasteiger partial charge in [0.15, 0.2) is 0 Å². The van der Waals surface area contributed by atoms with E-state index in [4.69, 9.17) is 9.47 Å². The number of fused-ring (bicyclic) bond motifs is 1. The number of aromatic amines is 1. The number of aromatic nitrogens is 4. The van der Waals surface area contributed by atoms with Gasteiger partial charge < -0.3 is 14.8 Å². The summed E-state index contributed by atoms with van der Waals surface area (Å²) in [5.74, 6) is -3.86. The highest BCUT2D eigenvalue weighted by molar-refractivity contribution is 8.01. The molecule has 18 heteroatoms. The van der Waals surface area contributed by atoms with Gasteiger partial charge in [-0.15, -0.1) is 22.0 Å². The highest BCUT2D eigenvalue weighted by Crippen LogP contribution is 2.44. The quantitative estimate of drug-likeness (QED) is 0.188. The van der Waals surface area contributed by atoms with Crippen molar-refractivity contribution in [3.63, 3.8) is 0 Å². The van der Waals surface area contributed by atoms with E-state index >= 15 is 0 Å². The summed E-state index contributed by atoms with van der Waals surface area (Å²) < 4.78 is 47.3. The van der Waals surface area contributed by atoms with Crippen LogP contribution in [0.25, 0.3) is 0 Å². The van der Waals surface area contributed by atoms with Crippen LogP contribution in [0.4, 0.5) is 13.2 Å². The Bertz CT molecular complexity index is 1080. The molecule has 37 heavy (non-hydrogen) atoms. The van der Waals surface area contributed by atoms with Crippen molar-refractivity contribution in [1.29, 1.82) is 0 Å². The summed E-state index contributed by atoms with van der Waals surface area (Å²) in [6.45, 7) is 5.93. The average molecular weight is 585 g/mol. The zero-order valence-corrected chi connectivity index (χ0v) is 22.4. The number of thioether (sulfide) groups is 3. The summed E-state index contributed by atoms with van der Waals surface area (Å²) in [5.41, 5.74) is -5.03. The lowest BCUT2D eigenvalue weighted by atomic mass is 9.98. The summed E-state index contributed by atoms with van der Waals surface area (Å²) in [6.07, 6.45) is 0. The summed E-state index contributed by atoms with van der Waals surface area (Å²) in [4.78, 5) is 51.1. The predicted octanol–water partition coefficient (Wildman–Crippen LogP) is 1.68. The van der Waals surface area contributed by atoms with E-state index in [-0.39, 0.29) is 11.4 Å². The standard InChI is InChI=1S/C19H23F3N6O6S3/c1-8(37-17-24-26-27-25-17)9-5-35-14-11(23-10(29)6-36-19(20,21)22)13(30)28(14)12(9)15(31)33-7-34-16(32)18(2,3)4/h8,11,14H,5-7H2,1-4H3,(H,23,29)(H,24,25,26,27)/t8?,11?,14-/m0/s1. The Labute approximate surface area is 221 Å². The molecule has 2 aliphatic heterocycles. The minimum absolute atomic E-state index is 0.0979. The topological polar surface area (TPSA) is 156 Å². The van der Waals surface area contributed by atoms with Gasteiger partial charge in [-0.2, -0.15) is 18.4 Å². The number of rotatable bonds is 9. The first-order chi connectivity index (χ1) is 17.2. The van der Waals surface area contributed by atoms with Gasteiger partial charge in [0.25, 0.3) is 5.91 Å². The Hall–Kier alpha value is -2.47. The van der Waals surface area contributed by atoms with Gasteiger partial charge in [-0.3, -0.25) is 19.3 Å². The third-order valence-electron chi connectivity index (χ3n) is 4.97. The lowest BCUT2D eigenvalue weighted by molar-refractivity contribution is -0.173. The van der Waals surface area contributed by atoms with E-state index in [1.165, 1.54) is 11.8 Å². The number of esters is 2. The molecule has 0 spiro atoms. The zero-order chi connectivity index (χ0) is 27.5. The van der Waals surface area contributed by atoms with Gasteiger partial charge in [-0.05, 0) is 50.2 Å². The fourth-order valence-corrected chi connectivity index (χ4v) is 5.95. The van der Waals surface area contributed by atoms with E-state index in [0.29, 0.717) is 10.7 Å². The predicted molar refractivity (Wildman–Crippen MR) is 127 cm³/mol. The molecule has 1 aromatic heterocycles. The van der Waals surface area contributed by atoms with E-state index in [1.807, 2.05) is 0 Å². The summed E-state index contributed by atoms with van der Waals surface area (Å²) >= 11 is 1.87. The van der Waals surface area contributed by atoms with E-state index in [1.54, 1.807) is 27.7 Å². The SMILES string of the molecule is CC(Sc1nn[nH]n1)C1=C(C(=O)OCOC(=O)C(C)(C)C)N2C(=O)C(NC(=O)CSC(F)(F)F)[C@@H]2SC1. The fourth-order valence-electron chi connectivity index (χ4n) is 3.16. The second kappa shape index (κ2) is 11.5. The van der Waals surface area contributed by atoms with Crippen LogP contribution >= 0.6 is 35.3 Å². The molecule has 1 saturated heterocycles. The van der Waals surface area contributed by atoms with Crippen molar-refractivity contribution < 1.29 is 41.8 Å². The fraction of sp³-hybridized carbons (Fsp3) is 0.632. The number of hydrogen-bond acceptors (Lipinski definition) is 12. The smallest absolute Gasteiger partial charge is 0.427 e. The number of carbonyl (C=O) groups excluding carboxylic acids is 4. The molecule has 12 nitrogen and oxygen atoms in total. The molecule has 3 rings (SSSR count). The molecule has 204 valence electrons. The normalized spacial score (nSPS) is 20.6. The number of nitrogens with zero attached hydrogens (tertiary/aromatic N) is 4. The van der Waals surface area contributed by atoms with Crippen molar-refractivity contribution in [2.45, 2.75) is 55.0 Å². The molecule has 2 amide bonds. The summed E-state index contributed by atoms with van der Waals surface area (Å²) in [6, 6.07) is -1.12. The molecule has 0 radical (unpaired) electrons. The van der Waals surface area contributed by atoms with Crippen LogP contribution in [-0.2, 0) is 28.7 Å². The monoisotopic (exact) mass is 584 g/mol. The van der Waals surface area contributed by atoms with Gasteiger partial charge in [-0.1, -0.05) is 11.8 Å². The van der Waals surface area contributed by atoms with Gasteiger partial charge in [0.2, 0.25) is 17.9 Å². The van der Waals surface area contributed by atoms with E-state index in [0.717, 1.165) is 16.7 Å². The second-order valence-electron chi connectivity index (χ2n) is 8.75. The summed E-state index contributed by atoms with van der Waals surface area (Å²) in [5, 5.41) is 14.9. The van der Waals surface area contributed by atoms with Crippen molar-refractivity contribution in [3.8, 4) is 0 Å². The zero-order valence-electron chi connectivity index (χ0n) is 20.0. The van der Waals surface area contributed by atoms with Crippen LogP contribution in [-0.4, -0.2) is 89.7 Å². The number of H-pyrrole nitrogens is 1. The number of ether oxygens (including phenoxy) is 2. The Balaban J connectivity index is 1.76. The van der Waals surface area contributed by atoms with Gasteiger partial charge in [0.1, 0.15) is 17.1 Å². The highest BCUT2D eigenvalue weighted by atomic mass is 32.2. The molecular weight excluding hydrogens is 561 g/mol. The first-order valence-corrected chi connectivity index (χ1v) is 13.5. The van der Waals surface area contributed by atoms with Crippen LogP contribution in [0.2, 0.25) is 0 Å². The van der Waals surface area contributed by atoms with Crippen LogP contribution in [0.5, 0.6) is 0 Å². The highest BCUT2D eigenvalue weighted by Gasteiger charge is 2.55. The largest absolute Gasteiger partial charge is 0.442 e. The molecular formula is C19H23F3N6O6S3. The number of tetrazole rings is 1. The number of hydrogen-bond donors (Lipinski definition) is 2. The number of amides is 2. The maximum absolute atomic E-state index is 13.1. The van der Waals surface area contributed by atoms with Crippen molar-refractivity contribution in [3.05, 3.63) is 11.3 Å². The van der Waals surface area contributed by atoms with Crippen molar-refractivity contribution in [1.82, 2.24) is 30.8 Å². The Morgan fingerprint density at radius 3 is 2.57 bits per heavy atom. The molecule has 1 fully saturated rings. The maximum Gasteiger partial charge on any atom is 0.442 e. The Morgan fingerprint density at radius 2 is 1.97 bits per heavy atom. The molecule has 2 N–H and O–H groups in total. The molecule has 0 aromatic carbocycles. The van der Waals surface area contributed by atoms with Crippen LogP contribution in [0.1, 0.15) is 27.7 Å². The van der Waals surface area contributed by atoms with Gasteiger partial charge >= 0.3 is 17.4 Å². The van der Waals surface area contributed by atoms with E-state index in [9.17, 15) is 32.3 Å². The molecule has 3 atom stereocenters. The molecule has 1 aromatic rings. The third-order valence-corrected chi connectivity index (χ3v) is 8.02. The van der Waals surface area contributed by atoms with Gasteiger partial charge in [0.05, 0.1) is 11.2 Å². The maximum atomic E-state index is 13.1.